The first-order valence-corrected chi connectivity index (χ1v) is 16.0. The lowest BCUT2D eigenvalue weighted by molar-refractivity contribution is 0.417. The Labute approximate surface area is 246 Å². The third kappa shape index (κ3) is 6.04. The summed E-state index contributed by atoms with van der Waals surface area (Å²) in [5.74, 6) is 2.45. The molecule has 0 spiro atoms. The van der Waals surface area contributed by atoms with Crippen molar-refractivity contribution in [1.29, 1.82) is 0 Å². The lowest BCUT2D eigenvalue weighted by atomic mass is 9.89. The van der Waals surface area contributed by atoms with E-state index in [9.17, 15) is 0 Å². The van der Waals surface area contributed by atoms with Gasteiger partial charge in [0.05, 0.1) is 23.8 Å². The van der Waals surface area contributed by atoms with Gasteiger partial charge in [0, 0.05) is 36.3 Å². The Morgan fingerprint density at radius 1 is 1.00 bits per heavy atom. The molecule has 2 aromatic carbocycles. The molecule has 5 rings (SSSR count). The highest BCUT2D eigenvalue weighted by atomic mass is 16.5. The predicted octanol–water partition coefficient (Wildman–Crippen LogP) is 8.09. The minimum Gasteiger partial charge on any atom is -0.494 e. The summed E-state index contributed by atoms with van der Waals surface area (Å²) >= 11 is 0. The molecule has 1 aliphatic rings. The van der Waals surface area contributed by atoms with Crippen molar-refractivity contribution in [3.63, 3.8) is 0 Å². The predicted molar refractivity (Wildman–Crippen MR) is 174 cm³/mol. The van der Waals surface area contributed by atoms with Gasteiger partial charge in [-0.1, -0.05) is 64.3 Å². The van der Waals surface area contributed by atoms with Gasteiger partial charge < -0.3 is 24.5 Å². The number of rotatable bonds is 14. The third-order valence-corrected chi connectivity index (χ3v) is 8.75. The molecule has 0 aliphatic carbocycles. The molecule has 2 aromatic heterocycles. The normalized spacial score (nSPS) is 14.2. The van der Waals surface area contributed by atoms with Crippen molar-refractivity contribution in [1.82, 2.24) is 24.8 Å². The summed E-state index contributed by atoms with van der Waals surface area (Å²) in [6, 6.07) is 13.5. The number of benzene rings is 2. The van der Waals surface area contributed by atoms with Gasteiger partial charge in [0.1, 0.15) is 11.3 Å². The number of aryl methyl sites for hydroxylation is 2. The summed E-state index contributed by atoms with van der Waals surface area (Å²) in [5.41, 5.74) is 8.06. The van der Waals surface area contributed by atoms with Gasteiger partial charge >= 0.3 is 0 Å². The molecule has 0 atom stereocenters. The van der Waals surface area contributed by atoms with Crippen molar-refractivity contribution in [2.24, 2.45) is 0 Å². The van der Waals surface area contributed by atoms with E-state index < -0.39 is 0 Å². The molecule has 0 radical (unpaired) electrons. The summed E-state index contributed by atoms with van der Waals surface area (Å²) in [6.45, 7) is 16.0. The second-order valence-electron chi connectivity index (χ2n) is 11.5. The average molecular weight is 556 g/mol. The summed E-state index contributed by atoms with van der Waals surface area (Å²) in [5, 5.41) is 8.39. The van der Waals surface area contributed by atoms with Crippen LogP contribution in [0.5, 0.6) is 5.75 Å². The first kappa shape index (κ1) is 29.2. The van der Waals surface area contributed by atoms with Crippen LogP contribution in [0.2, 0.25) is 0 Å². The van der Waals surface area contributed by atoms with Crippen LogP contribution in [0.1, 0.15) is 89.2 Å². The Bertz CT molecular complexity index is 1470. The van der Waals surface area contributed by atoms with Crippen molar-refractivity contribution in [2.45, 2.75) is 91.1 Å². The van der Waals surface area contributed by atoms with Gasteiger partial charge in [0.25, 0.3) is 0 Å². The number of unbranched alkanes of at least 4 members (excludes halogenated alkanes) is 4. The molecule has 1 aliphatic heterocycles. The van der Waals surface area contributed by atoms with E-state index in [2.05, 4.69) is 83.5 Å². The minimum absolute atomic E-state index is 0.594. The molecular weight excluding hydrogens is 506 g/mol. The molecule has 6 heteroatoms. The Hall–Kier alpha value is -3.25. The first-order chi connectivity index (χ1) is 20.1. The average Bonchev–Trinajstić information content (AvgIpc) is 3.57. The Morgan fingerprint density at radius 2 is 1.80 bits per heavy atom. The fourth-order valence-electron chi connectivity index (χ4n) is 6.51. The van der Waals surface area contributed by atoms with Crippen molar-refractivity contribution < 1.29 is 4.74 Å². The van der Waals surface area contributed by atoms with Gasteiger partial charge in [-0.25, -0.2) is 4.98 Å². The lowest BCUT2D eigenvalue weighted by Crippen LogP contribution is -2.26. The monoisotopic (exact) mass is 555 g/mol. The van der Waals surface area contributed by atoms with Gasteiger partial charge in [-0.05, 0) is 75.4 Å². The summed E-state index contributed by atoms with van der Waals surface area (Å²) in [6.07, 6.45) is 9.60. The summed E-state index contributed by atoms with van der Waals surface area (Å²) in [7, 11) is 1.76. The maximum atomic E-state index is 5.98. The van der Waals surface area contributed by atoms with Crippen LogP contribution < -0.4 is 15.4 Å². The minimum atomic E-state index is 0.594. The smallest absolute Gasteiger partial charge is 0.157 e. The number of aromatic nitrogens is 3. The van der Waals surface area contributed by atoms with Crippen molar-refractivity contribution in [3.8, 4) is 17.3 Å². The molecule has 41 heavy (non-hydrogen) atoms. The van der Waals surface area contributed by atoms with E-state index in [4.69, 9.17) is 9.72 Å². The van der Waals surface area contributed by atoms with E-state index in [1.54, 1.807) is 7.11 Å². The SMILES string of the molecule is C=C(NCCCCCC)c1cc(OC)c2c(c1)nc(-c1cc3cccc(C4CCNCC4)c3n1CCCC)n2CC. The molecule has 3 heterocycles. The fraction of sp³-hybridized carbons (Fsp3) is 0.514. The second kappa shape index (κ2) is 13.6. The molecule has 0 bridgehead atoms. The summed E-state index contributed by atoms with van der Waals surface area (Å²) in [4.78, 5) is 5.32. The highest BCUT2D eigenvalue weighted by Gasteiger charge is 2.24. The number of hydrogen-bond acceptors (Lipinski definition) is 4. The quantitative estimate of drug-likeness (QED) is 0.154. The van der Waals surface area contributed by atoms with Gasteiger partial charge in [-0.2, -0.15) is 0 Å². The van der Waals surface area contributed by atoms with Gasteiger partial charge in [-0.15, -0.1) is 0 Å². The standard InChI is InChI=1S/C35H49N5O/c1-6-9-11-12-18-37-25(4)28-22-30-34(32(24-28)41-5)39(8-3)35(38-30)31-23-27-14-13-15-29(26-16-19-36-20-17-26)33(27)40(31)21-10-7-2/h13-15,22-24,26,36-37H,4,6-12,16-21H2,1-3,5H3. The molecule has 6 nitrogen and oxygen atoms in total. The number of piperidine rings is 1. The number of imidazole rings is 1. The van der Waals surface area contributed by atoms with Crippen LogP contribution in [0, 0.1) is 0 Å². The molecule has 0 amide bonds. The van der Waals surface area contributed by atoms with Gasteiger partial charge in [0.2, 0.25) is 0 Å². The highest BCUT2D eigenvalue weighted by Crippen LogP contribution is 2.39. The molecule has 1 saturated heterocycles. The maximum Gasteiger partial charge on any atom is 0.157 e. The molecule has 0 unspecified atom stereocenters. The molecule has 1 fully saturated rings. The Morgan fingerprint density at radius 3 is 2.54 bits per heavy atom. The topological polar surface area (TPSA) is 56.0 Å². The second-order valence-corrected chi connectivity index (χ2v) is 11.5. The number of fused-ring (bicyclic) bond motifs is 2. The van der Waals surface area contributed by atoms with E-state index >= 15 is 0 Å². The van der Waals surface area contributed by atoms with E-state index in [1.165, 1.54) is 54.3 Å². The number of nitrogens with one attached hydrogen (secondary N) is 2. The van der Waals surface area contributed by atoms with Crippen LogP contribution in [0.4, 0.5) is 0 Å². The van der Waals surface area contributed by atoms with E-state index in [0.29, 0.717) is 5.92 Å². The van der Waals surface area contributed by atoms with E-state index in [0.717, 1.165) is 85.9 Å². The largest absolute Gasteiger partial charge is 0.494 e. The van der Waals surface area contributed by atoms with Crippen molar-refractivity contribution in [3.05, 3.63) is 54.1 Å². The van der Waals surface area contributed by atoms with Crippen LogP contribution >= 0.6 is 0 Å². The zero-order valence-corrected chi connectivity index (χ0v) is 25.7. The van der Waals surface area contributed by atoms with Gasteiger partial charge in [-0.3, -0.25) is 0 Å². The zero-order valence-electron chi connectivity index (χ0n) is 25.7. The molecule has 2 N–H and O–H groups in total. The molecule has 0 saturated carbocycles. The fourth-order valence-corrected chi connectivity index (χ4v) is 6.51. The number of methoxy groups -OCH3 is 1. The molecule has 4 aromatic rings. The van der Waals surface area contributed by atoms with Crippen LogP contribution in [0.3, 0.4) is 0 Å². The molecule has 220 valence electrons. The molecular formula is C35H49N5O. The van der Waals surface area contributed by atoms with E-state index in [1.807, 2.05) is 0 Å². The van der Waals surface area contributed by atoms with Crippen LogP contribution in [-0.4, -0.2) is 40.9 Å². The zero-order chi connectivity index (χ0) is 28.8. The third-order valence-electron chi connectivity index (χ3n) is 8.75. The van der Waals surface area contributed by atoms with Crippen LogP contribution in [0.25, 0.3) is 39.2 Å². The van der Waals surface area contributed by atoms with Crippen molar-refractivity contribution >= 4 is 27.6 Å². The van der Waals surface area contributed by atoms with Crippen LogP contribution in [-0.2, 0) is 13.1 Å². The highest BCUT2D eigenvalue weighted by molar-refractivity contribution is 5.93. The maximum absolute atomic E-state index is 5.98. The number of para-hydroxylation sites is 1. The van der Waals surface area contributed by atoms with E-state index in [-0.39, 0.29) is 0 Å². The summed E-state index contributed by atoms with van der Waals surface area (Å²) < 4.78 is 10.9. The lowest BCUT2D eigenvalue weighted by Gasteiger charge is -2.24. The number of nitrogens with zero attached hydrogens (tertiary/aromatic N) is 3. The van der Waals surface area contributed by atoms with Crippen molar-refractivity contribution in [2.75, 3.05) is 26.7 Å². The Balaban J connectivity index is 1.60. The first-order valence-electron chi connectivity index (χ1n) is 16.0. The Kier molecular flexibility index (Phi) is 9.71. The van der Waals surface area contributed by atoms with Gasteiger partial charge in [0.15, 0.2) is 5.82 Å². The number of ether oxygens (including phenoxy) is 1. The number of hydrogen-bond donors (Lipinski definition) is 2. The van der Waals surface area contributed by atoms with Crippen LogP contribution in [0.15, 0.2) is 43.0 Å².